The fourth-order valence-corrected chi connectivity index (χ4v) is 2.86. The Hall–Kier alpha value is -1.14. The molecule has 4 atom stereocenters. The molecule has 1 saturated carbocycles. The van der Waals surface area contributed by atoms with Crippen LogP contribution in [0.25, 0.3) is 0 Å². The van der Waals surface area contributed by atoms with Crippen molar-refractivity contribution in [2.75, 3.05) is 20.3 Å². The van der Waals surface area contributed by atoms with Crippen LogP contribution in [0.3, 0.4) is 0 Å². The molecular weight excluding hydrogens is 274 g/mol. The number of aliphatic carboxylic acids is 1. The summed E-state index contributed by atoms with van der Waals surface area (Å²) in [5.41, 5.74) is -1.05. The Morgan fingerprint density at radius 2 is 1.95 bits per heavy atom. The van der Waals surface area contributed by atoms with Crippen molar-refractivity contribution in [3.8, 4) is 0 Å². The minimum Gasteiger partial charge on any atom is -0.481 e. The Morgan fingerprint density at radius 1 is 1.33 bits per heavy atom. The highest BCUT2D eigenvalue weighted by atomic mass is 16.5. The lowest BCUT2D eigenvalue weighted by Crippen LogP contribution is -2.44. The number of rotatable bonds is 8. The maximum atomic E-state index is 12.2. The first kappa shape index (κ1) is 17.9. The predicted molar refractivity (Wildman–Crippen MR) is 77.8 cm³/mol. The van der Waals surface area contributed by atoms with Crippen LogP contribution >= 0.6 is 0 Å². The van der Waals surface area contributed by atoms with Gasteiger partial charge in [-0.3, -0.25) is 9.59 Å². The zero-order valence-electron chi connectivity index (χ0n) is 13.1. The second-order valence-electron chi connectivity index (χ2n) is 6.25. The van der Waals surface area contributed by atoms with Gasteiger partial charge in [0, 0.05) is 26.7 Å². The lowest BCUT2D eigenvalue weighted by molar-refractivity contribution is -0.146. The van der Waals surface area contributed by atoms with E-state index in [4.69, 9.17) is 4.74 Å². The lowest BCUT2D eigenvalue weighted by Gasteiger charge is -2.25. The number of nitrogens with one attached hydrogen (secondary N) is 1. The number of ether oxygens (including phenoxy) is 1. The minimum absolute atomic E-state index is 0.106. The number of amides is 1. The SMILES string of the molecule is CCC1C[C@H](C(=O)NCC(C)(O)CCOC)[C@H](C(=O)O)C1. The summed E-state index contributed by atoms with van der Waals surface area (Å²) < 4.78 is 4.91. The van der Waals surface area contributed by atoms with Crippen molar-refractivity contribution in [1.29, 1.82) is 0 Å². The molecule has 0 heterocycles. The Kier molecular flexibility index (Phi) is 6.61. The van der Waals surface area contributed by atoms with E-state index in [0.29, 0.717) is 25.9 Å². The Morgan fingerprint density at radius 3 is 2.48 bits per heavy atom. The second-order valence-corrected chi connectivity index (χ2v) is 6.25. The molecule has 6 nitrogen and oxygen atoms in total. The second kappa shape index (κ2) is 7.75. The number of hydrogen-bond donors (Lipinski definition) is 3. The average molecular weight is 301 g/mol. The standard InChI is InChI=1S/C15H27NO5/c1-4-10-7-11(12(8-10)14(18)19)13(17)16-9-15(2,20)5-6-21-3/h10-12,20H,4-9H2,1-3H3,(H,16,17)(H,18,19)/t10?,11-,12+,15?/m0/s1. The molecule has 0 aromatic heterocycles. The molecule has 0 aliphatic heterocycles. The van der Waals surface area contributed by atoms with Crippen molar-refractivity contribution in [1.82, 2.24) is 5.32 Å². The molecule has 0 bridgehead atoms. The summed E-state index contributed by atoms with van der Waals surface area (Å²) in [5, 5.41) is 22.0. The molecule has 0 saturated heterocycles. The smallest absolute Gasteiger partial charge is 0.307 e. The zero-order chi connectivity index (χ0) is 16.0. The molecular formula is C15H27NO5. The van der Waals surface area contributed by atoms with E-state index in [-0.39, 0.29) is 18.4 Å². The van der Waals surface area contributed by atoms with Crippen molar-refractivity contribution in [3.05, 3.63) is 0 Å². The summed E-state index contributed by atoms with van der Waals surface area (Å²) in [6, 6.07) is 0. The van der Waals surface area contributed by atoms with Crippen LogP contribution in [-0.4, -0.2) is 48.0 Å². The van der Waals surface area contributed by atoms with Crippen LogP contribution in [-0.2, 0) is 14.3 Å². The van der Waals surface area contributed by atoms with Crippen molar-refractivity contribution >= 4 is 11.9 Å². The molecule has 1 amide bonds. The van der Waals surface area contributed by atoms with Crippen LogP contribution in [0.2, 0.25) is 0 Å². The van der Waals surface area contributed by atoms with E-state index in [9.17, 15) is 19.8 Å². The van der Waals surface area contributed by atoms with Gasteiger partial charge in [0.15, 0.2) is 0 Å². The number of methoxy groups -OCH3 is 1. The van der Waals surface area contributed by atoms with Gasteiger partial charge in [0.2, 0.25) is 5.91 Å². The number of carbonyl (C=O) groups is 2. The van der Waals surface area contributed by atoms with Gasteiger partial charge in [-0.25, -0.2) is 0 Å². The van der Waals surface area contributed by atoms with Crippen molar-refractivity contribution in [3.63, 3.8) is 0 Å². The van der Waals surface area contributed by atoms with Gasteiger partial charge >= 0.3 is 5.97 Å². The van der Waals surface area contributed by atoms with Crippen molar-refractivity contribution < 1.29 is 24.5 Å². The van der Waals surface area contributed by atoms with E-state index in [1.165, 1.54) is 0 Å². The Labute approximate surface area is 125 Å². The van der Waals surface area contributed by atoms with Crippen LogP contribution in [0.1, 0.15) is 39.5 Å². The monoisotopic (exact) mass is 301 g/mol. The molecule has 0 aromatic carbocycles. The molecule has 21 heavy (non-hydrogen) atoms. The van der Waals surface area contributed by atoms with Gasteiger partial charge in [-0.1, -0.05) is 13.3 Å². The summed E-state index contributed by atoms with van der Waals surface area (Å²) in [7, 11) is 1.55. The summed E-state index contributed by atoms with van der Waals surface area (Å²) >= 11 is 0. The summed E-state index contributed by atoms with van der Waals surface area (Å²) in [5.74, 6) is -1.99. The minimum atomic E-state index is -1.05. The van der Waals surface area contributed by atoms with Crippen molar-refractivity contribution in [2.45, 2.75) is 45.1 Å². The van der Waals surface area contributed by atoms with E-state index in [1.807, 2.05) is 6.92 Å². The number of hydrogen-bond acceptors (Lipinski definition) is 4. The quantitative estimate of drug-likeness (QED) is 0.622. The fourth-order valence-electron chi connectivity index (χ4n) is 2.86. The normalized spacial score (nSPS) is 28.1. The summed E-state index contributed by atoms with van der Waals surface area (Å²) in [6.07, 6.45) is 2.47. The largest absolute Gasteiger partial charge is 0.481 e. The molecule has 0 aromatic rings. The third kappa shape index (κ3) is 5.28. The van der Waals surface area contributed by atoms with Crippen LogP contribution in [0.15, 0.2) is 0 Å². The molecule has 3 N–H and O–H groups in total. The van der Waals surface area contributed by atoms with Crippen LogP contribution in [0.5, 0.6) is 0 Å². The molecule has 1 fully saturated rings. The first-order valence-electron chi connectivity index (χ1n) is 7.52. The van der Waals surface area contributed by atoms with Crippen LogP contribution in [0.4, 0.5) is 0 Å². The van der Waals surface area contributed by atoms with Gasteiger partial charge in [-0.05, 0) is 25.7 Å². The molecule has 122 valence electrons. The van der Waals surface area contributed by atoms with Crippen LogP contribution < -0.4 is 5.32 Å². The summed E-state index contributed by atoms with van der Waals surface area (Å²) in [4.78, 5) is 23.5. The lowest BCUT2D eigenvalue weighted by atomic mass is 9.94. The van der Waals surface area contributed by atoms with Crippen LogP contribution in [0, 0.1) is 17.8 Å². The first-order chi connectivity index (χ1) is 9.80. The summed E-state index contributed by atoms with van der Waals surface area (Å²) in [6.45, 7) is 4.15. The van der Waals surface area contributed by atoms with Gasteiger partial charge in [-0.15, -0.1) is 0 Å². The predicted octanol–water partition coefficient (Wildman–Crippen LogP) is 1.03. The highest BCUT2D eigenvalue weighted by Gasteiger charge is 2.42. The first-order valence-corrected chi connectivity index (χ1v) is 7.52. The van der Waals surface area contributed by atoms with E-state index in [0.717, 1.165) is 6.42 Å². The average Bonchev–Trinajstić information content (AvgIpc) is 2.87. The molecule has 1 aliphatic carbocycles. The highest BCUT2D eigenvalue weighted by Crippen LogP contribution is 2.38. The third-order valence-corrected chi connectivity index (χ3v) is 4.38. The molecule has 0 radical (unpaired) electrons. The molecule has 2 unspecified atom stereocenters. The number of carbonyl (C=O) groups excluding carboxylic acids is 1. The number of carboxylic acids is 1. The topological polar surface area (TPSA) is 95.9 Å². The molecule has 6 heteroatoms. The van der Waals surface area contributed by atoms with Gasteiger partial charge in [0.1, 0.15) is 0 Å². The van der Waals surface area contributed by atoms with Gasteiger partial charge in [-0.2, -0.15) is 0 Å². The van der Waals surface area contributed by atoms with E-state index in [2.05, 4.69) is 5.32 Å². The Balaban J connectivity index is 2.55. The van der Waals surface area contributed by atoms with E-state index >= 15 is 0 Å². The molecule has 0 spiro atoms. The maximum Gasteiger partial charge on any atom is 0.307 e. The van der Waals surface area contributed by atoms with Gasteiger partial charge in [0.05, 0.1) is 17.4 Å². The number of carboxylic acid groups (broad SMARTS) is 1. The van der Waals surface area contributed by atoms with Gasteiger partial charge < -0.3 is 20.3 Å². The number of aliphatic hydroxyl groups is 1. The van der Waals surface area contributed by atoms with Gasteiger partial charge in [0.25, 0.3) is 0 Å². The highest BCUT2D eigenvalue weighted by molar-refractivity contribution is 5.85. The fraction of sp³-hybridized carbons (Fsp3) is 0.867. The third-order valence-electron chi connectivity index (χ3n) is 4.38. The van der Waals surface area contributed by atoms with Crippen molar-refractivity contribution in [2.24, 2.45) is 17.8 Å². The maximum absolute atomic E-state index is 12.2. The van der Waals surface area contributed by atoms with E-state index < -0.39 is 23.4 Å². The zero-order valence-corrected chi connectivity index (χ0v) is 13.1. The Bertz CT molecular complexity index is 369. The van der Waals surface area contributed by atoms with E-state index in [1.54, 1.807) is 14.0 Å². The molecule has 1 aliphatic rings. The molecule has 1 rings (SSSR count).